The maximum Gasteiger partial charge on any atom is 0.368 e. The zero-order chi connectivity index (χ0) is 17.3. The van der Waals surface area contributed by atoms with Gasteiger partial charge in [0, 0.05) is 17.1 Å². The zero-order valence-corrected chi connectivity index (χ0v) is 15.2. The zero-order valence-electron chi connectivity index (χ0n) is 13.7. The summed E-state index contributed by atoms with van der Waals surface area (Å²) < 4.78 is 9.40. The van der Waals surface area contributed by atoms with Crippen molar-refractivity contribution < 1.29 is 4.74 Å². The van der Waals surface area contributed by atoms with Gasteiger partial charge in [-0.15, -0.1) is 0 Å². The van der Waals surface area contributed by atoms with Crippen LogP contribution < -0.4 is 10.4 Å². The van der Waals surface area contributed by atoms with Gasteiger partial charge < -0.3 is 4.74 Å². The largest absolute Gasteiger partial charge is 0.489 e. The molecule has 0 spiro atoms. The quantitative estimate of drug-likeness (QED) is 0.689. The lowest BCUT2D eigenvalue weighted by Crippen LogP contribution is -2.23. The van der Waals surface area contributed by atoms with E-state index in [9.17, 15) is 4.79 Å². The van der Waals surface area contributed by atoms with Gasteiger partial charge in [0.1, 0.15) is 12.4 Å². The van der Waals surface area contributed by atoms with Crippen molar-refractivity contribution in [2.24, 2.45) is 7.05 Å². The number of tetrazole rings is 1. The van der Waals surface area contributed by atoms with Crippen LogP contribution >= 0.6 is 15.9 Å². The third kappa shape index (κ3) is 3.26. The summed E-state index contributed by atoms with van der Waals surface area (Å²) in [5.74, 6) is 0.766. The van der Waals surface area contributed by atoms with Crippen LogP contribution in [0.1, 0.15) is 16.7 Å². The molecular formula is C17H17BrN4O2. The summed E-state index contributed by atoms with van der Waals surface area (Å²) in [5.41, 5.74) is 3.42. The SMILES string of the molecule is Cc1cc(Br)cc(OCc2c(C)cccc2-n2nnn(C)c2=O)c1. The number of hydrogen-bond donors (Lipinski definition) is 0. The van der Waals surface area contributed by atoms with Crippen LogP contribution in [0.2, 0.25) is 0 Å². The van der Waals surface area contributed by atoms with Crippen molar-refractivity contribution in [3.05, 3.63) is 68.0 Å². The van der Waals surface area contributed by atoms with Crippen LogP contribution in [0.5, 0.6) is 5.75 Å². The van der Waals surface area contributed by atoms with Crippen LogP contribution in [0.15, 0.2) is 45.7 Å². The van der Waals surface area contributed by atoms with Gasteiger partial charge in [-0.2, -0.15) is 9.36 Å². The molecule has 0 radical (unpaired) electrons. The molecule has 3 aromatic rings. The first-order valence-electron chi connectivity index (χ1n) is 7.43. The van der Waals surface area contributed by atoms with E-state index in [2.05, 4.69) is 26.4 Å². The molecule has 2 aromatic carbocycles. The lowest BCUT2D eigenvalue weighted by molar-refractivity contribution is 0.304. The highest BCUT2D eigenvalue weighted by Gasteiger charge is 2.13. The summed E-state index contributed by atoms with van der Waals surface area (Å²) in [4.78, 5) is 12.2. The van der Waals surface area contributed by atoms with E-state index in [1.807, 2.05) is 50.2 Å². The Bertz CT molecular complexity index is 926. The lowest BCUT2D eigenvalue weighted by atomic mass is 10.1. The minimum Gasteiger partial charge on any atom is -0.489 e. The maximum absolute atomic E-state index is 12.2. The third-order valence-corrected chi connectivity index (χ3v) is 4.19. The Kier molecular flexibility index (Phi) is 4.53. The van der Waals surface area contributed by atoms with Gasteiger partial charge in [-0.1, -0.05) is 28.1 Å². The van der Waals surface area contributed by atoms with E-state index in [1.165, 1.54) is 9.36 Å². The average Bonchev–Trinajstić information content (AvgIpc) is 2.84. The molecule has 1 aromatic heterocycles. The van der Waals surface area contributed by atoms with Gasteiger partial charge in [-0.3, -0.25) is 0 Å². The normalized spacial score (nSPS) is 10.8. The van der Waals surface area contributed by atoms with Crippen LogP contribution in [-0.4, -0.2) is 19.8 Å². The number of aryl methyl sites for hydroxylation is 3. The van der Waals surface area contributed by atoms with E-state index < -0.39 is 0 Å². The predicted octanol–water partition coefficient (Wildman–Crippen LogP) is 2.92. The number of ether oxygens (including phenoxy) is 1. The van der Waals surface area contributed by atoms with Crippen LogP contribution in [0.25, 0.3) is 5.69 Å². The summed E-state index contributed by atoms with van der Waals surface area (Å²) in [6.07, 6.45) is 0. The molecule has 0 saturated heterocycles. The molecule has 0 aliphatic heterocycles. The van der Waals surface area contributed by atoms with Gasteiger partial charge in [-0.25, -0.2) is 4.79 Å². The number of halogens is 1. The van der Waals surface area contributed by atoms with E-state index in [0.29, 0.717) is 12.3 Å². The lowest BCUT2D eigenvalue weighted by Gasteiger charge is -2.13. The van der Waals surface area contributed by atoms with E-state index in [0.717, 1.165) is 26.9 Å². The van der Waals surface area contributed by atoms with Crippen LogP contribution in [-0.2, 0) is 13.7 Å². The monoisotopic (exact) mass is 388 g/mol. The Morgan fingerprint density at radius 1 is 1.17 bits per heavy atom. The van der Waals surface area contributed by atoms with Gasteiger partial charge >= 0.3 is 5.69 Å². The number of nitrogens with zero attached hydrogens (tertiary/aromatic N) is 4. The first-order valence-corrected chi connectivity index (χ1v) is 8.23. The topological polar surface area (TPSA) is 61.9 Å². The number of rotatable bonds is 4. The molecule has 0 aliphatic rings. The van der Waals surface area contributed by atoms with Crippen molar-refractivity contribution in [3.63, 3.8) is 0 Å². The second-order valence-corrected chi connectivity index (χ2v) is 6.54. The van der Waals surface area contributed by atoms with Gasteiger partial charge in [0.05, 0.1) is 5.69 Å². The first-order chi connectivity index (χ1) is 11.5. The molecule has 0 fully saturated rings. The van der Waals surface area contributed by atoms with E-state index in [1.54, 1.807) is 7.05 Å². The Balaban J connectivity index is 1.96. The van der Waals surface area contributed by atoms with Crippen molar-refractivity contribution in [2.45, 2.75) is 20.5 Å². The number of aromatic nitrogens is 4. The standard InChI is InChI=1S/C17H17BrN4O2/c1-11-7-13(18)9-14(8-11)24-10-15-12(2)5-4-6-16(15)22-17(23)21(3)19-20-22/h4-9H,10H2,1-3H3. The second-order valence-electron chi connectivity index (χ2n) is 5.62. The minimum absolute atomic E-state index is 0.292. The fourth-order valence-electron chi connectivity index (χ4n) is 2.48. The number of hydrogen-bond acceptors (Lipinski definition) is 4. The Hall–Kier alpha value is -2.41. The molecule has 7 heteroatoms. The molecular weight excluding hydrogens is 372 g/mol. The van der Waals surface area contributed by atoms with Crippen molar-refractivity contribution in [1.29, 1.82) is 0 Å². The van der Waals surface area contributed by atoms with Crippen LogP contribution in [0, 0.1) is 13.8 Å². The molecule has 0 aliphatic carbocycles. The molecule has 0 amide bonds. The molecule has 0 atom stereocenters. The highest BCUT2D eigenvalue weighted by atomic mass is 79.9. The Labute approximate surface area is 147 Å². The van der Waals surface area contributed by atoms with Crippen molar-refractivity contribution >= 4 is 15.9 Å². The van der Waals surface area contributed by atoms with Gasteiger partial charge in [0.15, 0.2) is 0 Å². The van der Waals surface area contributed by atoms with Gasteiger partial charge in [0.2, 0.25) is 0 Å². The molecule has 124 valence electrons. The molecule has 6 nitrogen and oxygen atoms in total. The molecule has 0 unspecified atom stereocenters. The van der Waals surface area contributed by atoms with E-state index in [4.69, 9.17) is 4.74 Å². The summed E-state index contributed by atoms with van der Waals surface area (Å²) >= 11 is 3.47. The summed E-state index contributed by atoms with van der Waals surface area (Å²) in [6, 6.07) is 11.6. The van der Waals surface area contributed by atoms with Gasteiger partial charge in [-0.05, 0) is 59.7 Å². The highest BCUT2D eigenvalue weighted by Crippen LogP contribution is 2.24. The fourth-order valence-corrected chi connectivity index (χ4v) is 3.07. The van der Waals surface area contributed by atoms with E-state index in [-0.39, 0.29) is 5.69 Å². The Morgan fingerprint density at radius 3 is 2.62 bits per heavy atom. The molecule has 0 N–H and O–H groups in total. The average molecular weight is 389 g/mol. The fraction of sp³-hybridized carbons (Fsp3) is 0.235. The van der Waals surface area contributed by atoms with Gasteiger partial charge in [0.25, 0.3) is 0 Å². The number of benzene rings is 2. The molecule has 0 bridgehead atoms. The maximum atomic E-state index is 12.2. The Morgan fingerprint density at radius 2 is 1.96 bits per heavy atom. The highest BCUT2D eigenvalue weighted by molar-refractivity contribution is 9.10. The third-order valence-electron chi connectivity index (χ3n) is 3.73. The van der Waals surface area contributed by atoms with Crippen molar-refractivity contribution in [2.75, 3.05) is 0 Å². The molecule has 1 heterocycles. The van der Waals surface area contributed by atoms with Crippen molar-refractivity contribution in [3.8, 4) is 11.4 Å². The summed E-state index contributed by atoms with van der Waals surface area (Å²) in [7, 11) is 1.57. The van der Waals surface area contributed by atoms with E-state index >= 15 is 0 Å². The predicted molar refractivity (Wildman–Crippen MR) is 94.5 cm³/mol. The first kappa shape index (κ1) is 16.4. The molecule has 3 rings (SSSR count). The second kappa shape index (κ2) is 6.60. The van der Waals surface area contributed by atoms with Crippen molar-refractivity contribution in [1.82, 2.24) is 19.8 Å². The smallest absolute Gasteiger partial charge is 0.368 e. The molecule has 0 saturated carbocycles. The summed E-state index contributed by atoms with van der Waals surface area (Å²) in [5, 5.41) is 7.70. The van der Waals surface area contributed by atoms with Crippen LogP contribution in [0.4, 0.5) is 0 Å². The summed E-state index contributed by atoms with van der Waals surface area (Å²) in [6.45, 7) is 4.33. The minimum atomic E-state index is -0.292. The molecule has 24 heavy (non-hydrogen) atoms. The van der Waals surface area contributed by atoms with Crippen LogP contribution in [0.3, 0.4) is 0 Å².